The summed E-state index contributed by atoms with van der Waals surface area (Å²) >= 11 is 1.69. The Kier molecular flexibility index (Phi) is 6.01. The minimum atomic E-state index is -0.226. The molecule has 4 aromatic rings. The highest BCUT2D eigenvalue weighted by atomic mass is 32.1. The second kappa shape index (κ2) is 9.24. The van der Waals surface area contributed by atoms with Gasteiger partial charge >= 0.3 is 0 Å². The average Bonchev–Trinajstić information content (AvgIpc) is 3.47. The first-order valence-corrected chi connectivity index (χ1v) is 12.2. The molecule has 3 heterocycles. The van der Waals surface area contributed by atoms with Crippen molar-refractivity contribution in [2.75, 3.05) is 10.6 Å². The molecular formula is C27H27N3O2S. The zero-order valence-electron chi connectivity index (χ0n) is 18.9. The number of aryl methyl sites for hydroxylation is 3. The Morgan fingerprint density at radius 2 is 1.85 bits per heavy atom. The van der Waals surface area contributed by atoms with Gasteiger partial charge in [-0.05, 0) is 74.9 Å². The molecule has 0 bridgehead atoms. The van der Waals surface area contributed by atoms with Crippen molar-refractivity contribution < 1.29 is 9.21 Å². The van der Waals surface area contributed by atoms with Crippen LogP contribution in [-0.2, 0) is 12.8 Å². The number of aromatic nitrogens is 1. The number of rotatable bonds is 6. The topological polar surface area (TPSA) is 67.2 Å². The molecule has 2 N–H and O–H groups in total. The molecule has 1 aliphatic carbocycles. The number of amides is 1. The zero-order chi connectivity index (χ0) is 22.8. The number of carbonyl (C=O) groups excluding carboxylic acids is 1. The van der Waals surface area contributed by atoms with Crippen molar-refractivity contribution in [3.8, 4) is 0 Å². The Balaban J connectivity index is 1.61. The first kappa shape index (κ1) is 21.5. The van der Waals surface area contributed by atoms with Crippen LogP contribution in [0.3, 0.4) is 0 Å². The van der Waals surface area contributed by atoms with E-state index in [1.54, 1.807) is 23.5 Å². The number of furan rings is 1. The molecule has 0 saturated carbocycles. The van der Waals surface area contributed by atoms with Gasteiger partial charge in [-0.3, -0.25) is 4.79 Å². The fourth-order valence-corrected chi connectivity index (χ4v) is 5.74. The van der Waals surface area contributed by atoms with Crippen LogP contribution in [0.4, 0.5) is 10.8 Å². The zero-order valence-corrected chi connectivity index (χ0v) is 19.7. The van der Waals surface area contributed by atoms with Gasteiger partial charge in [0.2, 0.25) is 0 Å². The molecule has 0 radical (unpaired) electrons. The normalized spacial score (nSPS) is 13.9. The third-order valence-electron chi connectivity index (χ3n) is 6.06. The average molecular weight is 458 g/mol. The number of carbonyl (C=O) groups is 1. The summed E-state index contributed by atoms with van der Waals surface area (Å²) < 4.78 is 5.34. The van der Waals surface area contributed by atoms with Crippen LogP contribution in [-0.4, -0.2) is 10.9 Å². The van der Waals surface area contributed by atoms with Crippen LogP contribution in [0.15, 0.2) is 65.3 Å². The number of thiophene rings is 1. The van der Waals surface area contributed by atoms with Gasteiger partial charge < -0.3 is 15.1 Å². The molecule has 168 valence electrons. The lowest BCUT2D eigenvalue weighted by Crippen LogP contribution is -2.19. The minimum Gasteiger partial charge on any atom is -0.459 e. The van der Waals surface area contributed by atoms with E-state index < -0.39 is 0 Å². The number of pyridine rings is 1. The Hall–Kier alpha value is -3.38. The van der Waals surface area contributed by atoms with Gasteiger partial charge in [0.1, 0.15) is 10.8 Å². The number of nitrogens with one attached hydrogen (secondary N) is 2. The summed E-state index contributed by atoms with van der Waals surface area (Å²) in [4.78, 5) is 19.0. The number of nitrogens with zero attached hydrogens (tertiary/aromatic N) is 1. The third-order valence-corrected chi connectivity index (χ3v) is 7.29. The number of benzene rings is 1. The lowest BCUT2D eigenvalue weighted by molar-refractivity contribution is 0.0997. The van der Waals surface area contributed by atoms with Crippen LogP contribution in [0.5, 0.6) is 0 Å². The highest BCUT2D eigenvalue weighted by Gasteiger charge is 2.29. The van der Waals surface area contributed by atoms with Crippen LogP contribution in [0.1, 0.15) is 62.3 Å². The van der Waals surface area contributed by atoms with E-state index in [2.05, 4.69) is 41.8 Å². The Bertz CT molecular complexity index is 1260. The molecule has 1 atom stereocenters. The smallest absolute Gasteiger partial charge is 0.291 e. The van der Waals surface area contributed by atoms with Crippen molar-refractivity contribution in [1.29, 1.82) is 0 Å². The van der Waals surface area contributed by atoms with E-state index in [4.69, 9.17) is 9.40 Å². The molecule has 6 heteroatoms. The molecular weight excluding hydrogens is 430 g/mol. The highest BCUT2D eigenvalue weighted by molar-refractivity contribution is 7.16. The summed E-state index contributed by atoms with van der Waals surface area (Å²) in [5, 5.41) is 7.72. The third kappa shape index (κ3) is 4.57. The number of anilines is 2. The molecule has 0 saturated heterocycles. The summed E-state index contributed by atoms with van der Waals surface area (Å²) in [6.07, 6.45) is 5.93. The van der Waals surface area contributed by atoms with Gasteiger partial charge in [0.25, 0.3) is 5.91 Å². The Morgan fingerprint density at radius 1 is 1.03 bits per heavy atom. The number of fused-ring (bicyclic) bond motifs is 1. The van der Waals surface area contributed by atoms with Crippen molar-refractivity contribution in [3.05, 3.63) is 99.4 Å². The van der Waals surface area contributed by atoms with Gasteiger partial charge in [-0.15, -0.1) is 11.3 Å². The van der Waals surface area contributed by atoms with Crippen LogP contribution < -0.4 is 10.6 Å². The van der Waals surface area contributed by atoms with Crippen molar-refractivity contribution in [2.24, 2.45) is 0 Å². The van der Waals surface area contributed by atoms with E-state index in [1.165, 1.54) is 28.7 Å². The van der Waals surface area contributed by atoms with Crippen molar-refractivity contribution in [3.63, 3.8) is 0 Å². The fraction of sp³-hybridized carbons (Fsp3) is 0.259. The maximum Gasteiger partial charge on any atom is 0.291 e. The maximum absolute atomic E-state index is 12.9. The lowest BCUT2D eigenvalue weighted by atomic mass is 9.89. The largest absolute Gasteiger partial charge is 0.459 e. The molecule has 0 unspecified atom stereocenters. The van der Waals surface area contributed by atoms with E-state index in [0.717, 1.165) is 46.9 Å². The van der Waals surface area contributed by atoms with E-state index in [-0.39, 0.29) is 11.9 Å². The van der Waals surface area contributed by atoms with E-state index in [1.807, 2.05) is 25.1 Å². The Morgan fingerprint density at radius 3 is 2.61 bits per heavy atom. The van der Waals surface area contributed by atoms with Crippen molar-refractivity contribution in [2.45, 2.75) is 45.6 Å². The molecule has 0 spiro atoms. The minimum absolute atomic E-state index is 0.134. The van der Waals surface area contributed by atoms with Gasteiger partial charge in [0.15, 0.2) is 5.76 Å². The quantitative estimate of drug-likeness (QED) is 0.339. The van der Waals surface area contributed by atoms with E-state index in [9.17, 15) is 4.79 Å². The number of hydrogen-bond donors (Lipinski definition) is 2. The molecule has 1 aromatic carbocycles. The summed E-state index contributed by atoms with van der Waals surface area (Å²) in [6.45, 7) is 4.09. The molecule has 33 heavy (non-hydrogen) atoms. The Labute approximate surface area is 197 Å². The highest BCUT2D eigenvalue weighted by Crippen LogP contribution is 2.44. The molecule has 0 fully saturated rings. The van der Waals surface area contributed by atoms with E-state index >= 15 is 0 Å². The van der Waals surface area contributed by atoms with Gasteiger partial charge in [0.05, 0.1) is 12.3 Å². The first-order chi connectivity index (χ1) is 16.1. The van der Waals surface area contributed by atoms with E-state index in [0.29, 0.717) is 5.76 Å². The lowest BCUT2D eigenvalue weighted by Gasteiger charge is -2.24. The summed E-state index contributed by atoms with van der Waals surface area (Å²) in [6, 6.07) is 17.9. The molecule has 5 rings (SSSR count). The van der Waals surface area contributed by atoms with Crippen LogP contribution >= 0.6 is 11.3 Å². The summed E-state index contributed by atoms with van der Waals surface area (Å²) in [7, 11) is 0. The van der Waals surface area contributed by atoms with Crippen molar-refractivity contribution >= 4 is 28.1 Å². The SMILES string of the molecule is Cc1ccc([C@@H](Nc2cccc(C)n2)c2c(NC(=O)c3ccco3)sc3c2CCCC3)cc1. The predicted molar refractivity (Wildman–Crippen MR) is 133 cm³/mol. The fourth-order valence-electron chi connectivity index (χ4n) is 4.41. The molecule has 3 aromatic heterocycles. The van der Waals surface area contributed by atoms with Crippen LogP contribution in [0.25, 0.3) is 0 Å². The van der Waals surface area contributed by atoms with Gasteiger partial charge in [-0.1, -0.05) is 35.9 Å². The summed E-state index contributed by atoms with van der Waals surface area (Å²) in [5.41, 5.74) is 5.81. The second-order valence-electron chi connectivity index (χ2n) is 8.54. The molecule has 5 nitrogen and oxygen atoms in total. The first-order valence-electron chi connectivity index (χ1n) is 11.3. The molecule has 1 aliphatic rings. The second-order valence-corrected chi connectivity index (χ2v) is 9.64. The number of hydrogen-bond acceptors (Lipinski definition) is 5. The predicted octanol–water partition coefficient (Wildman–Crippen LogP) is 6.69. The standard InChI is InChI=1S/C27H27N3O2S/c1-17-12-14-19(15-13-17)25(29-23-11-5-7-18(2)28-23)24-20-8-3-4-10-22(20)33-27(24)30-26(31)21-9-6-16-32-21/h5-7,9,11-16,25H,3-4,8,10H2,1-2H3,(H,28,29)(H,30,31)/t25-/m1/s1. The van der Waals surface area contributed by atoms with Crippen LogP contribution in [0.2, 0.25) is 0 Å². The van der Waals surface area contributed by atoms with Crippen LogP contribution in [0, 0.1) is 13.8 Å². The van der Waals surface area contributed by atoms with Gasteiger partial charge in [-0.25, -0.2) is 4.98 Å². The maximum atomic E-state index is 12.9. The van der Waals surface area contributed by atoms with Crippen molar-refractivity contribution in [1.82, 2.24) is 4.98 Å². The molecule has 0 aliphatic heterocycles. The van der Waals surface area contributed by atoms with Gasteiger partial charge in [-0.2, -0.15) is 0 Å². The summed E-state index contributed by atoms with van der Waals surface area (Å²) in [5.74, 6) is 0.906. The monoisotopic (exact) mass is 457 g/mol. The van der Waals surface area contributed by atoms with Gasteiger partial charge in [0, 0.05) is 16.1 Å². The molecule has 1 amide bonds.